The van der Waals surface area contributed by atoms with E-state index in [1.54, 1.807) is 0 Å². The Kier molecular flexibility index (Phi) is 6.75. The summed E-state index contributed by atoms with van der Waals surface area (Å²) in [5, 5.41) is 2.38. The minimum atomic E-state index is -5.09. The zero-order valence-corrected chi connectivity index (χ0v) is 16.5. The maximum Gasteiger partial charge on any atom is 0.573 e. The lowest BCUT2D eigenvalue weighted by atomic mass is 10.1. The van der Waals surface area contributed by atoms with Crippen molar-refractivity contribution in [1.29, 1.82) is 0 Å². The highest BCUT2D eigenvalue weighted by Gasteiger charge is 2.32. The number of ether oxygens (including phenoxy) is 2. The Morgan fingerprint density at radius 1 is 0.970 bits per heavy atom. The molecule has 12 heteroatoms. The maximum atomic E-state index is 14.1. The third kappa shape index (κ3) is 6.38. The summed E-state index contributed by atoms with van der Waals surface area (Å²) in [4.78, 5) is 27.3. The lowest BCUT2D eigenvalue weighted by molar-refractivity contribution is -0.275. The first-order valence-corrected chi connectivity index (χ1v) is 9.04. The monoisotopic (exact) mass is 467 g/mol. The van der Waals surface area contributed by atoms with Crippen molar-refractivity contribution in [3.63, 3.8) is 0 Å². The van der Waals surface area contributed by atoms with Crippen LogP contribution in [0.25, 0.3) is 0 Å². The Labute approximate surface area is 182 Å². The van der Waals surface area contributed by atoms with E-state index in [1.807, 2.05) is 0 Å². The van der Waals surface area contributed by atoms with Gasteiger partial charge < -0.3 is 20.5 Å². The summed E-state index contributed by atoms with van der Waals surface area (Å²) in [5.41, 5.74) is 5.09. The average Bonchev–Trinajstić information content (AvgIpc) is 2.74. The molecule has 0 saturated heterocycles. The molecular formula is C21H14F5N3O4. The number of hydrogen-bond acceptors (Lipinski definition) is 5. The Balaban J connectivity index is 1.70. The number of hydrogen-bond donors (Lipinski definition) is 2. The molecule has 0 fully saturated rings. The van der Waals surface area contributed by atoms with Gasteiger partial charge in [-0.1, -0.05) is 0 Å². The summed E-state index contributed by atoms with van der Waals surface area (Å²) in [6.45, 7) is -0.294. The smallest absolute Gasteiger partial charge is 0.487 e. The van der Waals surface area contributed by atoms with Crippen LogP contribution in [0.5, 0.6) is 11.5 Å². The third-order valence-corrected chi connectivity index (χ3v) is 4.12. The number of carbonyl (C=O) groups excluding carboxylic acids is 2. The number of nitrogens with one attached hydrogen (secondary N) is 1. The number of carbonyl (C=O) groups is 2. The van der Waals surface area contributed by atoms with E-state index < -0.39 is 35.6 Å². The molecule has 1 aromatic heterocycles. The SMILES string of the molecule is NC(=O)c1cncc(OCc2cc(NC(=O)c3ccc(OC(F)(F)F)c(F)c3)ccc2F)c1. The van der Waals surface area contributed by atoms with Crippen molar-refractivity contribution in [2.75, 3.05) is 5.32 Å². The summed E-state index contributed by atoms with van der Waals surface area (Å²) in [6, 6.07) is 7.01. The first-order valence-electron chi connectivity index (χ1n) is 9.04. The van der Waals surface area contributed by atoms with Gasteiger partial charge in [0, 0.05) is 23.0 Å². The molecule has 0 spiro atoms. The van der Waals surface area contributed by atoms with Crippen LogP contribution in [-0.2, 0) is 6.61 Å². The van der Waals surface area contributed by atoms with E-state index in [0.717, 1.165) is 12.1 Å². The highest BCUT2D eigenvalue weighted by molar-refractivity contribution is 6.04. The number of alkyl halides is 3. The summed E-state index contributed by atoms with van der Waals surface area (Å²) < 4.78 is 73.6. The topological polar surface area (TPSA) is 104 Å². The molecule has 0 unspecified atom stereocenters. The molecular weight excluding hydrogens is 453 g/mol. The molecule has 0 aliphatic carbocycles. The molecule has 0 radical (unpaired) electrons. The van der Waals surface area contributed by atoms with Crippen molar-refractivity contribution in [3.8, 4) is 11.5 Å². The fraction of sp³-hybridized carbons (Fsp3) is 0.0952. The van der Waals surface area contributed by atoms with Crippen LogP contribution in [0.3, 0.4) is 0 Å². The molecule has 0 bridgehead atoms. The van der Waals surface area contributed by atoms with Crippen molar-refractivity contribution in [2.45, 2.75) is 13.0 Å². The van der Waals surface area contributed by atoms with Gasteiger partial charge >= 0.3 is 6.36 Å². The highest BCUT2D eigenvalue weighted by atomic mass is 19.4. The fourth-order valence-electron chi connectivity index (χ4n) is 2.61. The zero-order valence-electron chi connectivity index (χ0n) is 16.5. The molecule has 2 aromatic carbocycles. The van der Waals surface area contributed by atoms with Crippen LogP contribution >= 0.6 is 0 Å². The molecule has 3 aromatic rings. The fourth-order valence-corrected chi connectivity index (χ4v) is 2.61. The average molecular weight is 467 g/mol. The van der Waals surface area contributed by atoms with E-state index in [2.05, 4.69) is 15.0 Å². The molecule has 0 aliphatic rings. The van der Waals surface area contributed by atoms with E-state index in [0.29, 0.717) is 12.1 Å². The number of benzene rings is 2. The van der Waals surface area contributed by atoms with Crippen LogP contribution in [0, 0.1) is 11.6 Å². The number of amides is 2. The third-order valence-electron chi connectivity index (χ3n) is 4.12. The maximum absolute atomic E-state index is 14.1. The van der Waals surface area contributed by atoms with Gasteiger partial charge in [-0.2, -0.15) is 0 Å². The first kappa shape index (κ1) is 23.4. The Morgan fingerprint density at radius 2 is 1.73 bits per heavy atom. The number of nitrogens with zero attached hydrogens (tertiary/aromatic N) is 1. The molecule has 3 N–H and O–H groups in total. The number of nitrogens with two attached hydrogens (primary N) is 1. The Bertz CT molecular complexity index is 1200. The van der Waals surface area contributed by atoms with E-state index in [1.165, 1.54) is 30.6 Å². The summed E-state index contributed by atoms with van der Waals surface area (Å²) in [7, 11) is 0. The number of anilines is 1. The Morgan fingerprint density at radius 3 is 2.39 bits per heavy atom. The van der Waals surface area contributed by atoms with Gasteiger partial charge in [-0.3, -0.25) is 14.6 Å². The van der Waals surface area contributed by atoms with Crippen molar-refractivity contribution in [3.05, 3.63) is 83.2 Å². The van der Waals surface area contributed by atoms with Gasteiger partial charge in [0.2, 0.25) is 5.91 Å². The highest BCUT2D eigenvalue weighted by Crippen LogP contribution is 2.26. The van der Waals surface area contributed by atoms with E-state index in [-0.39, 0.29) is 34.7 Å². The lowest BCUT2D eigenvalue weighted by Crippen LogP contribution is -2.18. The van der Waals surface area contributed by atoms with Crippen LogP contribution in [0.1, 0.15) is 26.3 Å². The van der Waals surface area contributed by atoms with Gasteiger partial charge in [-0.25, -0.2) is 8.78 Å². The Hall–Kier alpha value is -4.22. The summed E-state index contributed by atoms with van der Waals surface area (Å²) in [6.07, 6.45) is -2.57. The second-order valence-electron chi connectivity index (χ2n) is 6.52. The predicted molar refractivity (Wildman–Crippen MR) is 105 cm³/mol. The van der Waals surface area contributed by atoms with Gasteiger partial charge in [-0.05, 0) is 42.5 Å². The molecule has 33 heavy (non-hydrogen) atoms. The van der Waals surface area contributed by atoms with Crippen LogP contribution in [0.4, 0.5) is 27.6 Å². The van der Waals surface area contributed by atoms with Gasteiger partial charge in [0.25, 0.3) is 5.91 Å². The number of pyridine rings is 1. The van der Waals surface area contributed by atoms with Crippen LogP contribution < -0.4 is 20.5 Å². The number of primary amides is 1. The first-order chi connectivity index (χ1) is 15.5. The number of aromatic nitrogens is 1. The molecule has 7 nitrogen and oxygen atoms in total. The van der Waals surface area contributed by atoms with Gasteiger partial charge in [-0.15, -0.1) is 13.2 Å². The lowest BCUT2D eigenvalue weighted by Gasteiger charge is -2.12. The van der Waals surface area contributed by atoms with Gasteiger partial charge in [0.05, 0.1) is 11.8 Å². The van der Waals surface area contributed by atoms with E-state index in [4.69, 9.17) is 10.5 Å². The largest absolute Gasteiger partial charge is 0.573 e. The van der Waals surface area contributed by atoms with Crippen LogP contribution in [-0.4, -0.2) is 23.2 Å². The normalized spacial score (nSPS) is 11.1. The van der Waals surface area contributed by atoms with E-state index >= 15 is 0 Å². The van der Waals surface area contributed by atoms with Gasteiger partial charge in [0.15, 0.2) is 11.6 Å². The van der Waals surface area contributed by atoms with Crippen LogP contribution in [0.2, 0.25) is 0 Å². The summed E-state index contributed by atoms with van der Waals surface area (Å²) in [5.74, 6) is -4.57. The second-order valence-corrected chi connectivity index (χ2v) is 6.52. The minimum Gasteiger partial charge on any atom is -0.487 e. The minimum absolute atomic E-state index is 0.0254. The number of rotatable bonds is 7. The van der Waals surface area contributed by atoms with Crippen LogP contribution in [0.15, 0.2) is 54.9 Å². The quantitative estimate of drug-likeness (QED) is 0.508. The van der Waals surface area contributed by atoms with Crippen molar-refractivity contribution >= 4 is 17.5 Å². The van der Waals surface area contributed by atoms with E-state index in [9.17, 15) is 31.5 Å². The number of halogens is 5. The molecule has 1 heterocycles. The molecule has 0 saturated carbocycles. The zero-order chi connectivity index (χ0) is 24.2. The predicted octanol–water partition coefficient (Wildman–Crippen LogP) is 4.19. The molecule has 0 atom stereocenters. The standard InChI is InChI=1S/C21H14F5N3O4/c22-16-3-2-14(5-13(16)10-32-15-6-12(19(27)30)8-28-9-15)29-20(31)11-1-4-18(17(23)7-11)33-21(24,25)26/h1-9H,10H2,(H2,27,30)(H,29,31). The molecule has 3 rings (SSSR count). The van der Waals surface area contributed by atoms with Crippen molar-refractivity contribution in [1.82, 2.24) is 4.98 Å². The summed E-state index contributed by atoms with van der Waals surface area (Å²) >= 11 is 0. The molecule has 172 valence electrons. The molecule has 2 amide bonds. The second kappa shape index (κ2) is 9.51. The van der Waals surface area contributed by atoms with Crippen molar-refractivity contribution in [2.24, 2.45) is 5.73 Å². The van der Waals surface area contributed by atoms with Crippen molar-refractivity contribution < 1.29 is 41.0 Å². The molecule has 0 aliphatic heterocycles. The van der Waals surface area contributed by atoms with Gasteiger partial charge in [0.1, 0.15) is 18.2 Å².